The summed E-state index contributed by atoms with van der Waals surface area (Å²) in [6, 6.07) is 3.64. The number of halogens is 1. The lowest BCUT2D eigenvalue weighted by molar-refractivity contribution is -0.132. The van der Waals surface area contributed by atoms with Crippen molar-refractivity contribution in [2.45, 2.75) is 32.2 Å². The first-order chi connectivity index (χ1) is 11.5. The van der Waals surface area contributed by atoms with Gasteiger partial charge in [0.1, 0.15) is 5.82 Å². The molecule has 0 bridgehead atoms. The van der Waals surface area contributed by atoms with E-state index in [0.717, 1.165) is 38.0 Å². The lowest BCUT2D eigenvalue weighted by atomic mass is 9.93. The summed E-state index contributed by atoms with van der Waals surface area (Å²) in [4.78, 5) is 15.6. The van der Waals surface area contributed by atoms with E-state index in [1.54, 1.807) is 6.20 Å². The zero-order valence-electron chi connectivity index (χ0n) is 13.8. The average Bonchev–Trinajstić information content (AvgIpc) is 3.28. The summed E-state index contributed by atoms with van der Waals surface area (Å²) in [5, 5.41) is 9.42. The van der Waals surface area contributed by atoms with Gasteiger partial charge in [-0.1, -0.05) is 13.5 Å². The Kier molecular flexibility index (Phi) is 3.41. The molecule has 1 unspecified atom stereocenters. The van der Waals surface area contributed by atoms with Gasteiger partial charge in [-0.3, -0.25) is 0 Å². The molecule has 0 spiro atoms. The maximum atomic E-state index is 14.7. The van der Waals surface area contributed by atoms with E-state index in [2.05, 4.69) is 18.4 Å². The topological polar surface area (TPSA) is 43.8 Å². The Morgan fingerprint density at radius 1 is 1.29 bits per heavy atom. The molecule has 0 aromatic heterocycles. The number of hydrogen-bond acceptors (Lipinski definition) is 3. The highest BCUT2D eigenvalue weighted by molar-refractivity contribution is 6.08. The van der Waals surface area contributed by atoms with Crippen LogP contribution in [0, 0.1) is 11.7 Å². The largest absolute Gasteiger partial charge is 0.478 e. The van der Waals surface area contributed by atoms with Gasteiger partial charge in [0.2, 0.25) is 0 Å². The van der Waals surface area contributed by atoms with Crippen molar-refractivity contribution in [3.63, 3.8) is 0 Å². The summed E-state index contributed by atoms with van der Waals surface area (Å²) in [6.45, 7) is 7.79. The molecule has 1 aromatic carbocycles. The van der Waals surface area contributed by atoms with Crippen molar-refractivity contribution in [2.24, 2.45) is 5.92 Å². The van der Waals surface area contributed by atoms with Crippen LogP contribution < -0.4 is 9.80 Å². The average molecular weight is 328 g/mol. The Labute approximate surface area is 140 Å². The van der Waals surface area contributed by atoms with Gasteiger partial charge in [-0.25, -0.2) is 9.18 Å². The number of nitrogens with zero attached hydrogens (tertiary/aromatic N) is 2. The quantitative estimate of drug-likeness (QED) is 0.920. The van der Waals surface area contributed by atoms with Crippen LogP contribution in [0.25, 0.3) is 5.57 Å². The molecule has 0 amide bonds. The maximum absolute atomic E-state index is 14.7. The molecule has 1 saturated carbocycles. The van der Waals surface area contributed by atoms with Crippen LogP contribution in [-0.4, -0.2) is 30.2 Å². The van der Waals surface area contributed by atoms with Crippen molar-refractivity contribution >= 4 is 22.9 Å². The van der Waals surface area contributed by atoms with Crippen molar-refractivity contribution in [1.29, 1.82) is 0 Å². The molecule has 4 rings (SSSR count). The van der Waals surface area contributed by atoms with Gasteiger partial charge in [0.15, 0.2) is 0 Å². The summed E-state index contributed by atoms with van der Waals surface area (Å²) >= 11 is 0. The van der Waals surface area contributed by atoms with E-state index in [-0.39, 0.29) is 11.4 Å². The Morgan fingerprint density at radius 3 is 2.62 bits per heavy atom. The molecule has 126 valence electrons. The number of aliphatic carboxylic acids is 1. The first-order valence-corrected chi connectivity index (χ1v) is 8.47. The van der Waals surface area contributed by atoms with E-state index >= 15 is 0 Å². The number of carboxylic acids is 1. The molecule has 2 fully saturated rings. The second-order valence-electron chi connectivity index (χ2n) is 7.13. The summed E-state index contributed by atoms with van der Waals surface area (Å²) in [5.74, 6) is -0.756. The zero-order valence-corrected chi connectivity index (χ0v) is 13.8. The summed E-state index contributed by atoms with van der Waals surface area (Å²) in [6.07, 6.45) is 4.79. The molecule has 1 atom stereocenters. The van der Waals surface area contributed by atoms with Crippen molar-refractivity contribution in [1.82, 2.24) is 0 Å². The fourth-order valence-corrected chi connectivity index (χ4v) is 3.67. The van der Waals surface area contributed by atoms with Gasteiger partial charge < -0.3 is 14.9 Å². The van der Waals surface area contributed by atoms with Gasteiger partial charge in [-0.15, -0.1) is 0 Å². The van der Waals surface area contributed by atoms with Crippen LogP contribution in [0.2, 0.25) is 0 Å². The molecular formula is C19H21FN2O2. The lowest BCUT2D eigenvalue weighted by Gasteiger charge is -2.31. The van der Waals surface area contributed by atoms with Gasteiger partial charge in [-0.2, -0.15) is 0 Å². The highest BCUT2D eigenvalue weighted by Gasteiger charge is 2.35. The Hall–Kier alpha value is -2.30. The number of benzene rings is 1. The normalized spacial score (nSPS) is 23.3. The maximum Gasteiger partial charge on any atom is 0.337 e. The number of hydrogen-bond donors (Lipinski definition) is 1. The highest BCUT2D eigenvalue weighted by Crippen LogP contribution is 2.44. The Balaban J connectivity index is 1.81. The molecule has 3 aliphatic rings. The molecule has 5 heteroatoms. The molecular weight excluding hydrogens is 307 g/mol. The fraction of sp³-hybridized carbons (Fsp3) is 0.421. The number of carboxylic acid groups (broad SMARTS) is 1. The fourth-order valence-electron chi connectivity index (χ4n) is 3.67. The van der Waals surface area contributed by atoms with Gasteiger partial charge in [0.25, 0.3) is 0 Å². The van der Waals surface area contributed by atoms with Crippen LogP contribution in [0.4, 0.5) is 15.8 Å². The van der Waals surface area contributed by atoms with Crippen LogP contribution in [0.1, 0.15) is 31.7 Å². The summed E-state index contributed by atoms with van der Waals surface area (Å²) in [7, 11) is 0. The second kappa shape index (κ2) is 5.36. The molecule has 0 radical (unpaired) electrons. The minimum Gasteiger partial charge on any atom is -0.478 e. The SMILES string of the molecule is C=C1C(C(=O)O)=CN(C2CC2)c2cc(N3CCC(C)C3)c(F)cc21. The van der Waals surface area contributed by atoms with E-state index in [1.807, 2.05) is 11.0 Å². The summed E-state index contributed by atoms with van der Waals surface area (Å²) in [5.41, 5.74) is 2.62. The number of rotatable bonds is 3. The van der Waals surface area contributed by atoms with Crippen LogP contribution in [0.15, 0.2) is 30.5 Å². The molecule has 4 nitrogen and oxygen atoms in total. The number of carbonyl (C=O) groups is 1. The van der Waals surface area contributed by atoms with Crippen LogP contribution in [0.3, 0.4) is 0 Å². The third kappa shape index (κ3) is 2.39. The van der Waals surface area contributed by atoms with Gasteiger partial charge >= 0.3 is 5.97 Å². The van der Waals surface area contributed by atoms with Crippen LogP contribution in [-0.2, 0) is 4.79 Å². The Bertz CT molecular complexity index is 767. The Morgan fingerprint density at radius 2 is 2.04 bits per heavy atom. The van der Waals surface area contributed by atoms with E-state index in [4.69, 9.17) is 0 Å². The monoisotopic (exact) mass is 328 g/mol. The molecule has 1 aromatic rings. The van der Waals surface area contributed by atoms with Crippen LogP contribution >= 0.6 is 0 Å². The second-order valence-corrected chi connectivity index (χ2v) is 7.13. The van der Waals surface area contributed by atoms with E-state index in [9.17, 15) is 14.3 Å². The van der Waals surface area contributed by atoms with Gasteiger partial charge in [-0.05, 0) is 42.9 Å². The molecule has 1 aliphatic carbocycles. The van der Waals surface area contributed by atoms with Crippen LogP contribution in [0.5, 0.6) is 0 Å². The standard InChI is InChI=1S/C19H21FN2O2/c1-11-5-6-21(9-11)18-8-17-14(7-16(18)20)12(2)15(19(23)24)10-22(17)13-3-4-13/h7-8,10-11,13H,2-6,9H2,1H3,(H,23,24). The third-order valence-corrected chi connectivity index (χ3v) is 5.20. The lowest BCUT2D eigenvalue weighted by Crippen LogP contribution is -2.27. The smallest absolute Gasteiger partial charge is 0.337 e. The predicted octanol–water partition coefficient (Wildman–Crippen LogP) is 3.64. The van der Waals surface area contributed by atoms with Gasteiger partial charge in [0.05, 0.1) is 16.9 Å². The summed E-state index contributed by atoms with van der Waals surface area (Å²) < 4.78 is 14.7. The molecule has 2 heterocycles. The predicted molar refractivity (Wildman–Crippen MR) is 92.6 cm³/mol. The minimum absolute atomic E-state index is 0.149. The van der Waals surface area contributed by atoms with Crippen molar-refractivity contribution in [3.8, 4) is 0 Å². The van der Waals surface area contributed by atoms with Crippen molar-refractivity contribution in [2.75, 3.05) is 22.9 Å². The molecule has 1 N–H and O–H groups in total. The third-order valence-electron chi connectivity index (χ3n) is 5.20. The van der Waals surface area contributed by atoms with E-state index in [0.29, 0.717) is 28.8 Å². The van der Waals surface area contributed by atoms with E-state index < -0.39 is 5.97 Å². The number of fused-ring (bicyclic) bond motifs is 1. The molecule has 2 aliphatic heterocycles. The molecule has 1 saturated heterocycles. The zero-order chi connectivity index (χ0) is 17.0. The highest BCUT2D eigenvalue weighted by atomic mass is 19.1. The minimum atomic E-state index is -1.02. The first kappa shape index (κ1) is 15.2. The van der Waals surface area contributed by atoms with Gasteiger partial charge in [0, 0.05) is 30.9 Å². The number of anilines is 2. The van der Waals surface area contributed by atoms with E-state index in [1.165, 1.54) is 6.07 Å². The van der Waals surface area contributed by atoms with Crippen molar-refractivity contribution in [3.05, 3.63) is 41.9 Å². The molecule has 24 heavy (non-hydrogen) atoms. The van der Waals surface area contributed by atoms with Crippen molar-refractivity contribution < 1.29 is 14.3 Å². The first-order valence-electron chi connectivity index (χ1n) is 8.47.